The number of aliphatic hydroxyl groups excluding tert-OH is 2. The van der Waals surface area contributed by atoms with Gasteiger partial charge < -0.3 is 30.3 Å². The third-order valence-corrected chi connectivity index (χ3v) is 8.01. The first-order chi connectivity index (χ1) is 19.5. The molecule has 0 unspecified atom stereocenters. The minimum Gasteiger partial charge on any atom is -0.445 e. The number of thiophene rings is 2. The third kappa shape index (κ3) is 9.20. The van der Waals surface area contributed by atoms with Crippen LogP contribution < -0.4 is 10.6 Å². The second-order valence-corrected chi connectivity index (χ2v) is 11.2. The Morgan fingerprint density at radius 1 is 0.625 bits per heavy atom. The van der Waals surface area contributed by atoms with Gasteiger partial charge in [0.15, 0.2) is 0 Å². The second-order valence-electron chi connectivity index (χ2n) is 9.17. The van der Waals surface area contributed by atoms with Crippen LogP contribution in [0.4, 0.5) is 9.59 Å². The van der Waals surface area contributed by atoms with Crippen LogP contribution in [0.2, 0.25) is 0 Å². The van der Waals surface area contributed by atoms with Crippen LogP contribution in [0.15, 0.2) is 95.7 Å². The summed E-state index contributed by atoms with van der Waals surface area (Å²) < 4.78 is 10.7. The number of rotatable bonds is 13. The molecule has 0 aliphatic heterocycles. The Morgan fingerprint density at radius 2 is 1.02 bits per heavy atom. The summed E-state index contributed by atoms with van der Waals surface area (Å²) in [6, 6.07) is 24.2. The molecule has 2 amide bonds. The summed E-state index contributed by atoms with van der Waals surface area (Å²) in [7, 11) is 0. The van der Waals surface area contributed by atoms with Crippen LogP contribution in [0.1, 0.15) is 20.9 Å². The highest BCUT2D eigenvalue weighted by Crippen LogP contribution is 2.19. The van der Waals surface area contributed by atoms with Crippen LogP contribution in [0.25, 0.3) is 0 Å². The Bertz CT molecular complexity index is 1180. The Hall–Kier alpha value is -3.70. The van der Waals surface area contributed by atoms with Crippen molar-refractivity contribution < 1.29 is 29.3 Å². The highest BCUT2D eigenvalue weighted by Gasteiger charge is 2.35. The van der Waals surface area contributed by atoms with Gasteiger partial charge in [0.25, 0.3) is 0 Å². The van der Waals surface area contributed by atoms with E-state index < -0.39 is 36.5 Å². The number of alkyl carbamates (subject to hydrolysis) is 2. The molecule has 4 aromatic rings. The molecule has 8 nitrogen and oxygen atoms in total. The first kappa shape index (κ1) is 29.3. The first-order valence-corrected chi connectivity index (χ1v) is 14.6. The van der Waals surface area contributed by atoms with Crippen LogP contribution in [-0.4, -0.2) is 46.7 Å². The maximum absolute atomic E-state index is 12.7. The quantitative estimate of drug-likeness (QED) is 0.179. The molecule has 40 heavy (non-hydrogen) atoms. The van der Waals surface area contributed by atoms with Crippen molar-refractivity contribution in [2.45, 2.75) is 50.3 Å². The normalized spacial score (nSPS) is 13.9. The SMILES string of the molecule is O=C(N[C@H](Cc1cccs1)[C@H](O)[C@@H](O)[C@@H](Cc1cccs1)NC(=O)OCc1ccccc1)OCc1ccccc1. The number of nitrogens with one attached hydrogen (secondary N) is 2. The average molecular weight is 581 g/mol. The van der Waals surface area contributed by atoms with E-state index in [1.54, 1.807) is 0 Å². The van der Waals surface area contributed by atoms with Gasteiger partial charge in [0.05, 0.1) is 12.1 Å². The highest BCUT2D eigenvalue weighted by molar-refractivity contribution is 7.10. The molecule has 4 rings (SSSR count). The lowest BCUT2D eigenvalue weighted by Crippen LogP contribution is -2.57. The number of aliphatic hydroxyl groups is 2. The van der Waals surface area contributed by atoms with Crippen molar-refractivity contribution in [2.24, 2.45) is 0 Å². The zero-order valence-corrected chi connectivity index (χ0v) is 23.4. The molecule has 4 N–H and O–H groups in total. The monoisotopic (exact) mass is 580 g/mol. The average Bonchev–Trinajstić information content (AvgIpc) is 3.69. The zero-order valence-electron chi connectivity index (χ0n) is 21.7. The van der Waals surface area contributed by atoms with Crippen molar-refractivity contribution in [2.75, 3.05) is 0 Å². The molecular formula is C30H32N2O6S2. The zero-order chi connectivity index (χ0) is 28.2. The molecule has 0 saturated carbocycles. The lowest BCUT2D eigenvalue weighted by molar-refractivity contribution is -0.0237. The molecular weight excluding hydrogens is 548 g/mol. The van der Waals surface area contributed by atoms with Crippen molar-refractivity contribution in [1.82, 2.24) is 10.6 Å². The van der Waals surface area contributed by atoms with Crippen LogP contribution in [0.5, 0.6) is 0 Å². The molecule has 0 spiro atoms. The Morgan fingerprint density at radius 3 is 1.38 bits per heavy atom. The van der Waals surface area contributed by atoms with Gasteiger partial charge >= 0.3 is 12.2 Å². The lowest BCUT2D eigenvalue weighted by atomic mass is 9.94. The summed E-state index contributed by atoms with van der Waals surface area (Å²) in [5.74, 6) is 0. The van der Waals surface area contributed by atoms with Crippen LogP contribution in [0.3, 0.4) is 0 Å². The molecule has 2 aromatic carbocycles. The van der Waals surface area contributed by atoms with Gasteiger partial charge in [0, 0.05) is 22.6 Å². The largest absolute Gasteiger partial charge is 0.445 e. The van der Waals surface area contributed by atoms with Gasteiger partial charge in [-0.15, -0.1) is 22.7 Å². The van der Waals surface area contributed by atoms with E-state index in [1.807, 2.05) is 95.7 Å². The number of benzene rings is 2. The summed E-state index contributed by atoms with van der Waals surface area (Å²) in [4.78, 5) is 27.2. The predicted octanol–water partition coefficient (Wildman–Crippen LogP) is 4.91. The predicted molar refractivity (Wildman–Crippen MR) is 155 cm³/mol. The third-order valence-electron chi connectivity index (χ3n) is 6.21. The number of hydrogen-bond acceptors (Lipinski definition) is 8. The molecule has 0 saturated heterocycles. The Balaban J connectivity index is 1.44. The number of carbonyl (C=O) groups is 2. The van der Waals surface area contributed by atoms with Gasteiger partial charge in [-0.3, -0.25) is 0 Å². The molecule has 0 bridgehead atoms. The van der Waals surface area contributed by atoms with Gasteiger partial charge in [-0.2, -0.15) is 0 Å². The van der Waals surface area contributed by atoms with Crippen LogP contribution in [-0.2, 0) is 35.5 Å². The summed E-state index contributed by atoms with van der Waals surface area (Å²) in [6.45, 7) is 0.125. The van der Waals surface area contributed by atoms with Gasteiger partial charge in [0.1, 0.15) is 25.4 Å². The maximum atomic E-state index is 12.7. The van der Waals surface area contributed by atoms with E-state index in [9.17, 15) is 19.8 Å². The van der Waals surface area contributed by atoms with Crippen molar-refractivity contribution in [3.63, 3.8) is 0 Å². The number of amides is 2. The van der Waals surface area contributed by atoms with E-state index in [2.05, 4.69) is 10.6 Å². The minimum atomic E-state index is -1.43. The van der Waals surface area contributed by atoms with Crippen molar-refractivity contribution >= 4 is 34.9 Å². The van der Waals surface area contributed by atoms with E-state index in [-0.39, 0.29) is 26.1 Å². The molecule has 2 aromatic heterocycles. The van der Waals surface area contributed by atoms with E-state index in [1.165, 1.54) is 22.7 Å². The fourth-order valence-electron chi connectivity index (χ4n) is 4.11. The molecule has 210 valence electrons. The minimum absolute atomic E-state index is 0.0624. The van der Waals surface area contributed by atoms with Crippen molar-refractivity contribution in [1.29, 1.82) is 0 Å². The second kappa shape index (κ2) is 15.2. The Labute approximate surface area is 241 Å². The molecule has 2 heterocycles. The molecule has 4 atom stereocenters. The summed E-state index contributed by atoms with van der Waals surface area (Å²) in [5, 5.41) is 31.9. The van der Waals surface area contributed by atoms with Gasteiger partial charge in [-0.05, 0) is 34.0 Å². The van der Waals surface area contributed by atoms with Gasteiger partial charge in [-0.25, -0.2) is 9.59 Å². The van der Waals surface area contributed by atoms with E-state index in [4.69, 9.17) is 9.47 Å². The Kier molecular flexibility index (Phi) is 11.1. The summed E-state index contributed by atoms with van der Waals surface area (Å²) in [5.41, 5.74) is 1.64. The fraction of sp³-hybridized carbons (Fsp3) is 0.267. The van der Waals surface area contributed by atoms with E-state index in [0.29, 0.717) is 0 Å². The molecule has 0 fully saturated rings. The molecule has 0 aliphatic rings. The molecule has 0 radical (unpaired) electrons. The standard InChI is InChI=1S/C30H32N2O6S2/c33-27(25(17-23-13-7-15-39-23)31-29(35)37-19-21-9-3-1-4-10-21)28(34)26(18-24-14-8-16-40-24)32-30(36)38-20-22-11-5-2-6-12-22/h1-16,25-28,33-34H,17-20H2,(H,31,35)(H,32,36)/t25-,26-,27+,28+/m1/s1. The molecule has 0 aliphatic carbocycles. The summed E-state index contributed by atoms with van der Waals surface area (Å²) >= 11 is 2.94. The van der Waals surface area contributed by atoms with Gasteiger partial charge in [0.2, 0.25) is 0 Å². The molecule has 10 heteroatoms. The van der Waals surface area contributed by atoms with Crippen LogP contribution in [0, 0.1) is 0 Å². The number of carbonyl (C=O) groups excluding carboxylic acids is 2. The topological polar surface area (TPSA) is 117 Å². The van der Waals surface area contributed by atoms with Crippen molar-refractivity contribution in [3.05, 3.63) is 117 Å². The first-order valence-electron chi connectivity index (χ1n) is 12.8. The number of ether oxygens (including phenoxy) is 2. The number of hydrogen-bond donors (Lipinski definition) is 4. The van der Waals surface area contributed by atoms with Crippen LogP contribution >= 0.6 is 22.7 Å². The maximum Gasteiger partial charge on any atom is 0.407 e. The lowest BCUT2D eigenvalue weighted by Gasteiger charge is -2.32. The van der Waals surface area contributed by atoms with E-state index in [0.717, 1.165) is 20.9 Å². The highest BCUT2D eigenvalue weighted by atomic mass is 32.1. The van der Waals surface area contributed by atoms with Gasteiger partial charge in [-0.1, -0.05) is 72.8 Å². The smallest absolute Gasteiger partial charge is 0.407 e. The van der Waals surface area contributed by atoms with E-state index >= 15 is 0 Å². The van der Waals surface area contributed by atoms with Crippen molar-refractivity contribution in [3.8, 4) is 0 Å². The summed E-state index contributed by atoms with van der Waals surface area (Å²) in [6.07, 6.45) is -3.76. The fourth-order valence-corrected chi connectivity index (χ4v) is 5.64.